The standard InChI is InChI=1S/C8H10BrNO/c1-6-5-7(11-2)3-4-8(6)10-9/h3-5,10H,1-2H3. The third kappa shape index (κ3) is 1.87. The van der Waals surface area contributed by atoms with E-state index < -0.39 is 0 Å². The first-order valence-corrected chi connectivity index (χ1v) is 4.08. The van der Waals surface area contributed by atoms with Crippen LogP contribution in [0.2, 0.25) is 0 Å². The van der Waals surface area contributed by atoms with Crippen molar-refractivity contribution in [3.8, 4) is 5.75 Å². The van der Waals surface area contributed by atoms with E-state index in [1.54, 1.807) is 7.11 Å². The predicted molar refractivity (Wildman–Crippen MR) is 50.3 cm³/mol. The second kappa shape index (κ2) is 3.62. The maximum Gasteiger partial charge on any atom is 0.119 e. The molecule has 0 saturated carbocycles. The summed E-state index contributed by atoms with van der Waals surface area (Å²) in [6, 6.07) is 5.85. The Morgan fingerprint density at radius 1 is 1.45 bits per heavy atom. The number of benzene rings is 1. The summed E-state index contributed by atoms with van der Waals surface area (Å²) >= 11 is 3.16. The van der Waals surface area contributed by atoms with E-state index in [4.69, 9.17) is 4.74 Å². The molecule has 0 heterocycles. The van der Waals surface area contributed by atoms with Crippen LogP contribution in [0.4, 0.5) is 5.69 Å². The first-order valence-electron chi connectivity index (χ1n) is 3.29. The van der Waals surface area contributed by atoms with Crippen LogP contribution in [0.3, 0.4) is 0 Å². The zero-order valence-corrected chi connectivity index (χ0v) is 8.10. The summed E-state index contributed by atoms with van der Waals surface area (Å²) in [7, 11) is 1.66. The molecular formula is C8H10BrNO. The van der Waals surface area contributed by atoms with Crippen LogP contribution in [0.15, 0.2) is 18.2 Å². The molecule has 0 aliphatic heterocycles. The van der Waals surface area contributed by atoms with Gasteiger partial charge in [-0.3, -0.25) is 0 Å². The molecule has 3 heteroatoms. The van der Waals surface area contributed by atoms with Crippen LogP contribution < -0.4 is 9.08 Å². The Morgan fingerprint density at radius 3 is 2.64 bits per heavy atom. The average Bonchev–Trinajstić information content (AvgIpc) is 2.04. The highest BCUT2D eigenvalue weighted by atomic mass is 79.9. The van der Waals surface area contributed by atoms with Gasteiger partial charge in [-0.2, -0.15) is 0 Å². The topological polar surface area (TPSA) is 21.3 Å². The zero-order valence-electron chi connectivity index (χ0n) is 6.52. The van der Waals surface area contributed by atoms with Gasteiger partial charge in [-0.25, -0.2) is 0 Å². The number of hydrogen-bond donors (Lipinski definition) is 1. The minimum Gasteiger partial charge on any atom is -0.497 e. The lowest BCUT2D eigenvalue weighted by Gasteiger charge is -2.05. The number of halogens is 1. The van der Waals surface area contributed by atoms with Crippen LogP contribution >= 0.6 is 16.1 Å². The lowest BCUT2D eigenvalue weighted by Crippen LogP contribution is -1.87. The molecule has 60 valence electrons. The molecule has 1 rings (SSSR count). The molecule has 1 aromatic carbocycles. The number of methoxy groups -OCH3 is 1. The van der Waals surface area contributed by atoms with Crippen LogP contribution in [0.1, 0.15) is 5.56 Å². The van der Waals surface area contributed by atoms with Crippen LogP contribution in [0.5, 0.6) is 5.75 Å². The highest BCUT2D eigenvalue weighted by Crippen LogP contribution is 2.21. The summed E-state index contributed by atoms with van der Waals surface area (Å²) in [6.07, 6.45) is 0. The fourth-order valence-corrected chi connectivity index (χ4v) is 1.31. The summed E-state index contributed by atoms with van der Waals surface area (Å²) in [5.41, 5.74) is 2.21. The van der Waals surface area contributed by atoms with E-state index in [-0.39, 0.29) is 0 Å². The third-order valence-electron chi connectivity index (χ3n) is 1.54. The van der Waals surface area contributed by atoms with E-state index in [1.165, 1.54) is 0 Å². The molecule has 0 aliphatic rings. The van der Waals surface area contributed by atoms with Crippen LogP contribution in [-0.4, -0.2) is 7.11 Å². The van der Waals surface area contributed by atoms with Crippen LogP contribution in [-0.2, 0) is 0 Å². The molecule has 11 heavy (non-hydrogen) atoms. The van der Waals surface area contributed by atoms with E-state index in [9.17, 15) is 0 Å². The monoisotopic (exact) mass is 215 g/mol. The van der Waals surface area contributed by atoms with Crippen molar-refractivity contribution in [2.24, 2.45) is 0 Å². The van der Waals surface area contributed by atoms with Crippen molar-refractivity contribution in [2.75, 3.05) is 11.5 Å². The number of anilines is 1. The first-order chi connectivity index (χ1) is 5.27. The van der Waals surface area contributed by atoms with Crippen molar-refractivity contribution < 1.29 is 4.74 Å². The van der Waals surface area contributed by atoms with Gasteiger partial charge in [0.1, 0.15) is 5.75 Å². The highest BCUT2D eigenvalue weighted by Gasteiger charge is 1.96. The Bertz CT molecular complexity index is 250. The average molecular weight is 216 g/mol. The molecule has 0 unspecified atom stereocenters. The van der Waals surface area contributed by atoms with Crippen molar-refractivity contribution >= 4 is 21.8 Å². The number of hydrogen-bond acceptors (Lipinski definition) is 2. The Kier molecular flexibility index (Phi) is 2.76. The Balaban J connectivity index is 2.99. The normalized spacial score (nSPS) is 9.36. The zero-order chi connectivity index (χ0) is 8.27. The molecule has 0 aliphatic carbocycles. The van der Waals surface area contributed by atoms with Gasteiger partial charge in [-0.05, 0) is 30.7 Å². The van der Waals surface area contributed by atoms with Gasteiger partial charge < -0.3 is 9.08 Å². The van der Waals surface area contributed by atoms with E-state index in [2.05, 4.69) is 20.5 Å². The number of rotatable bonds is 2. The molecule has 0 aromatic heterocycles. The summed E-state index contributed by atoms with van der Waals surface area (Å²) < 4.78 is 7.95. The van der Waals surface area contributed by atoms with Gasteiger partial charge in [0.25, 0.3) is 0 Å². The van der Waals surface area contributed by atoms with Crippen molar-refractivity contribution in [2.45, 2.75) is 6.92 Å². The maximum atomic E-state index is 5.05. The molecule has 0 atom stereocenters. The number of aryl methyl sites for hydroxylation is 1. The van der Waals surface area contributed by atoms with Gasteiger partial charge >= 0.3 is 0 Å². The quantitative estimate of drug-likeness (QED) is 0.767. The molecular weight excluding hydrogens is 206 g/mol. The van der Waals surface area contributed by atoms with Gasteiger partial charge in [0.05, 0.1) is 7.11 Å². The van der Waals surface area contributed by atoms with Gasteiger partial charge in [0.15, 0.2) is 0 Å². The number of ether oxygens (including phenoxy) is 1. The van der Waals surface area contributed by atoms with Gasteiger partial charge in [0, 0.05) is 21.8 Å². The molecule has 0 fully saturated rings. The molecule has 0 bridgehead atoms. The third-order valence-corrected chi connectivity index (χ3v) is 1.96. The Morgan fingerprint density at radius 2 is 2.18 bits per heavy atom. The van der Waals surface area contributed by atoms with E-state index in [1.807, 2.05) is 25.1 Å². The van der Waals surface area contributed by atoms with Crippen molar-refractivity contribution in [1.29, 1.82) is 0 Å². The van der Waals surface area contributed by atoms with Crippen molar-refractivity contribution in [3.05, 3.63) is 23.8 Å². The minimum atomic E-state index is 0.883. The van der Waals surface area contributed by atoms with E-state index in [0.29, 0.717) is 0 Å². The Labute approximate surface area is 74.9 Å². The Hall–Kier alpha value is -0.700. The van der Waals surface area contributed by atoms with Gasteiger partial charge in [-0.15, -0.1) is 0 Å². The summed E-state index contributed by atoms with van der Waals surface area (Å²) in [5, 5.41) is 0. The minimum absolute atomic E-state index is 0.883. The van der Waals surface area contributed by atoms with Gasteiger partial charge in [0.2, 0.25) is 0 Å². The number of nitrogens with one attached hydrogen (secondary N) is 1. The SMILES string of the molecule is COc1ccc(NBr)c(C)c1. The molecule has 0 saturated heterocycles. The van der Waals surface area contributed by atoms with Crippen molar-refractivity contribution in [1.82, 2.24) is 0 Å². The molecule has 0 spiro atoms. The fourth-order valence-electron chi connectivity index (χ4n) is 0.869. The second-order valence-corrected chi connectivity index (χ2v) is 2.67. The lowest BCUT2D eigenvalue weighted by molar-refractivity contribution is 0.414. The van der Waals surface area contributed by atoms with Crippen LogP contribution in [0.25, 0.3) is 0 Å². The van der Waals surface area contributed by atoms with Crippen LogP contribution in [0, 0.1) is 6.92 Å². The lowest BCUT2D eigenvalue weighted by atomic mass is 10.2. The molecule has 0 amide bonds. The molecule has 1 aromatic rings. The first kappa shape index (κ1) is 8.40. The fraction of sp³-hybridized carbons (Fsp3) is 0.250. The summed E-state index contributed by atoms with van der Waals surface area (Å²) in [4.78, 5) is 0. The summed E-state index contributed by atoms with van der Waals surface area (Å²) in [5.74, 6) is 0.883. The van der Waals surface area contributed by atoms with E-state index >= 15 is 0 Å². The summed E-state index contributed by atoms with van der Waals surface area (Å²) in [6.45, 7) is 2.02. The highest BCUT2D eigenvalue weighted by molar-refractivity contribution is 9.10. The van der Waals surface area contributed by atoms with E-state index in [0.717, 1.165) is 17.0 Å². The molecule has 2 nitrogen and oxygen atoms in total. The predicted octanol–water partition coefficient (Wildman–Crippen LogP) is 2.73. The molecule has 0 radical (unpaired) electrons. The van der Waals surface area contributed by atoms with Gasteiger partial charge in [-0.1, -0.05) is 0 Å². The molecule has 1 N–H and O–H groups in total. The second-order valence-electron chi connectivity index (χ2n) is 2.28. The largest absolute Gasteiger partial charge is 0.497 e. The smallest absolute Gasteiger partial charge is 0.119 e. The van der Waals surface area contributed by atoms with Crippen molar-refractivity contribution in [3.63, 3.8) is 0 Å². The maximum absolute atomic E-state index is 5.05.